The minimum Gasteiger partial charge on any atom is -0.388 e. The Morgan fingerprint density at radius 2 is 1.95 bits per heavy atom. The largest absolute Gasteiger partial charge is 0.388 e. The number of aliphatic hydroxyl groups excluding tert-OH is 2. The second-order valence-corrected chi connectivity index (χ2v) is 5.72. The number of halogens is 1. The molecule has 1 fully saturated rings. The molecule has 6 heteroatoms. The molecule has 1 aliphatic rings. The van der Waals surface area contributed by atoms with Crippen LogP contribution >= 0.6 is 11.3 Å². The number of likely N-dealkylation sites (tertiary alicyclic amines) is 1. The number of hydrogen-bond donors (Lipinski definition) is 2. The van der Waals surface area contributed by atoms with E-state index in [-0.39, 0.29) is 24.8 Å². The van der Waals surface area contributed by atoms with Gasteiger partial charge in [-0.2, -0.15) is 0 Å². The number of aliphatic hydroxyl groups is 2. The highest BCUT2D eigenvalue weighted by molar-refractivity contribution is 7.20. The van der Waals surface area contributed by atoms with Crippen LogP contribution in [0.1, 0.15) is 9.67 Å². The van der Waals surface area contributed by atoms with Crippen LogP contribution in [0.3, 0.4) is 0 Å². The zero-order valence-electron chi connectivity index (χ0n) is 9.91. The Hall–Kier alpha value is -1.50. The van der Waals surface area contributed by atoms with E-state index in [2.05, 4.69) is 0 Å². The van der Waals surface area contributed by atoms with Crippen LogP contribution < -0.4 is 0 Å². The van der Waals surface area contributed by atoms with Crippen molar-refractivity contribution in [2.24, 2.45) is 0 Å². The Kier molecular flexibility index (Phi) is 3.00. The van der Waals surface area contributed by atoms with Gasteiger partial charge in [-0.1, -0.05) is 0 Å². The molecule has 0 aliphatic carbocycles. The van der Waals surface area contributed by atoms with Crippen molar-refractivity contribution >= 4 is 27.3 Å². The number of rotatable bonds is 1. The number of carbonyl (C=O) groups excluding carboxylic acids is 1. The van der Waals surface area contributed by atoms with E-state index in [4.69, 9.17) is 0 Å². The summed E-state index contributed by atoms with van der Waals surface area (Å²) < 4.78 is 13.9. The third kappa shape index (κ3) is 2.22. The van der Waals surface area contributed by atoms with Gasteiger partial charge in [-0.3, -0.25) is 4.79 Å². The summed E-state index contributed by atoms with van der Waals surface area (Å²) in [6, 6.07) is 6.02. The van der Waals surface area contributed by atoms with Crippen molar-refractivity contribution in [2.75, 3.05) is 13.1 Å². The van der Waals surface area contributed by atoms with Crippen LogP contribution in [0, 0.1) is 5.82 Å². The lowest BCUT2D eigenvalue weighted by Crippen LogP contribution is -2.29. The molecule has 2 N–H and O–H groups in total. The average Bonchev–Trinajstić information content (AvgIpc) is 2.92. The standard InChI is InChI=1S/C13H12FNO3S/c14-8-1-2-11-7(3-8)4-12(19-11)13(18)15-5-9(16)10(17)6-15/h1-4,9-10,16-17H,5-6H2/t9-,10+. The molecule has 1 aromatic carbocycles. The molecule has 3 rings (SSSR count). The second-order valence-electron chi connectivity index (χ2n) is 4.64. The lowest BCUT2D eigenvalue weighted by molar-refractivity contribution is 0.0572. The number of hydrogen-bond acceptors (Lipinski definition) is 4. The van der Waals surface area contributed by atoms with Crippen LogP contribution in [0.15, 0.2) is 24.3 Å². The number of β-amino-alcohol motifs (C(OH)–C–C–N with tert-alkyl or cyclic N) is 2. The Labute approximate surface area is 112 Å². The molecule has 4 nitrogen and oxygen atoms in total. The second kappa shape index (κ2) is 4.56. The molecule has 19 heavy (non-hydrogen) atoms. The summed E-state index contributed by atoms with van der Waals surface area (Å²) in [6.45, 7) is 0.255. The minimum absolute atomic E-state index is 0.128. The Morgan fingerprint density at radius 3 is 2.63 bits per heavy atom. The van der Waals surface area contributed by atoms with Gasteiger partial charge in [0.2, 0.25) is 0 Å². The summed E-state index contributed by atoms with van der Waals surface area (Å²) in [6.07, 6.45) is -1.79. The summed E-state index contributed by atoms with van der Waals surface area (Å²) in [5.41, 5.74) is 0. The van der Waals surface area contributed by atoms with Crippen molar-refractivity contribution in [2.45, 2.75) is 12.2 Å². The third-order valence-electron chi connectivity index (χ3n) is 3.24. The summed E-state index contributed by atoms with van der Waals surface area (Å²) in [5.74, 6) is -0.575. The van der Waals surface area contributed by atoms with Crippen molar-refractivity contribution < 1.29 is 19.4 Å². The van der Waals surface area contributed by atoms with E-state index in [1.807, 2.05) is 0 Å². The highest BCUT2D eigenvalue weighted by Crippen LogP contribution is 2.28. The molecular formula is C13H12FNO3S. The number of benzene rings is 1. The third-order valence-corrected chi connectivity index (χ3v) is 4.34. The predicted molar refractivity (Wildman–Crippen MR) is 69.7 cm³/mol. The van der Waals surface area contributed by atoms with Crippen molar-refractivity contribution in [1.82, 2.24) is 4.90 Å². The first-order valence-electron chi connectivity index (χ1n) is 5.89. The van der Waals surface area contributed by atoms with E-state index in [0.717, 1.165) is 4.70 Å². The zero-order valence-corrected chi connectivity index (χ0v) is 10.7. The molecule has 2 aromatic rings. The Bertz CT molecular complexity index is 632. The van der Waals surface area contributed by atoms with Crippen molar-refractivity contribution in [3.05, 3.63) is 35.0 Å². The van der Waals surface area contributed by atoms with Crippen LogP contribution in [0.25, 0.3) is 10.1 Å². The molecule has 0 bridgehead atoms. The average molecular weight is 281 g/mol. The highest BCUT2D eigenvalue weighted by Gasteiger charge is 2.33. The summed E-state index contributed by atoms with van der Waals surface area (Å²) in [7, 11) is 0. The van der Waals surface area contributed by atoms with Gasteiger partial charge in [0.1, 0.15) is 5.82 Å². The van der Waals surface area contributed by atoms with Gasteiger partial charge in [0.05, 0.1) is 17.1 Å². The number of carbonyl (C=O) groups is 1. The van der Waals surface area contributed by atoms with Crippen LogP contribution in [-0.2, 0) is 0 Å². The van der Waals surface area contributed by atoms with Gasteiger partial charge in [0.15, 0.2) is 0 Å². The lowest BCUT2D eigenvalue weighted by Gasteiger charge is -2.13. The van der Waals surface area contributed by atoms with Gasteiger partial charge in [-0.15, -0.1) is 11.3 Å². The maximum Gasteiger partial charge on any atom is 0.264 e. The molecule has 2 heterocycles. The van der Waals surface area contributed by atoms with E-state index in [1.165, 1.54) is 28.4 Å². The van der Waals surface area contributed by atoms with Crippen LogP contribution in [0.4, 0.5) is 4.39 Å². The summed E-state index contributed by atoms with van der Waals surface area (Å²) in [5, 5.41) is 19.6. The fourth-order valence-electron chi connectivity index (χ4n) is 2.21. The first-order valence-corrected chi connectivity index (χ1v) is 6.71. The SMILES string of the molecule is O=C(c1cc2cc(F)ccc2s1)N1C[C@@H](O)[C@@H](O)C1. The number of nitrogens with zero attached hydrogens (tertiary/aromatic N) is 1. The monoisotopic (exact) mass is 281 g/mol. The van der Waals surface area contributed by atoms with Gasteiger partial charge in [-0.05, 0) is 29.7 Å². The molecule has 0 saturated carbocycles. The van der Waals surface area contributed by atoms with Crippen molar-refractivity contribution in [1.29, 1.82) is 0 Å². The minimum atomic E-state index is -0.893. The first kappa shape index (κ1) is 12.5. The van der Waals surface area contributed by atoms with Gasteiger partial charge < -0.3 is 15.1 Å². The quantitative estimate of drug-likeness (QED) is 0.826. The van der Waals surface area contributed by atoms with Gasteiger partial charge >= 0.3 is 0 Å². The van der Waals surface area contributed by atoms with Crippen molar-refractivity contribution in [3.63, 3.8) is 0 Å². The zero-order chi connectivity index (χ0) is 13.6. The Morgan fingerprint density at radius 1 is 1.26 bits per heavy atom. The maximum absolute atomic E-state index is 13.1. The molecule has 2 atom stereocenters. The summed E-state index contributed by atoms with van der Waals surface area (Å²) >= 11 is 1.28. The fraction of sp³-hybridized carbons (Fsp3) is 0.308. The van der Waals surface area contributed by atoms with Gasteiger partial charge in [-0.25, -0.2) is 4.39 Å². The fourth-order valence-corrected chi connectivity index (χ4v) is 3.22. The topological polar surface area (TPSA) is 60.8 Å². The predicted octanol–water partition coefficient (Wildman–Crippen LogP) is 1.22. The Balaban J connectivity index is 1.90. The molecular weight excluding hydrogens is 269 g/mol. The maximum atomic E-state index is 13.1. The number of fused-ring (bicyclic) bond motifs is 1. The highest BCUT2D eigenvalue weighted by atomic mass is 32.1. The van der Waals surface area contributed by atoms with Crippen LogP contribution in [0.5, 0.6) is 0 Å². The molecule has 1 aromatic heterocycles. The molecule has 1 saturated heterocycles. The molecule has 0 radical (unpaired) electrons. The first-order chi connectivity index (χ1) is 9.04. The van der Waals surface area contributed by atoms with Gasteiger partial charge in [0.25, 0.3) is 5.91 Å². The van der Waals surface area contributed by atoms with E-state index in [0.29, 0.717) is 10.3 Å². The van der Waals surface area contributed by atoms with Crippen LogP contribution in [-0.4, -0.2) is 46.3 Å². The smallest absolute Gasteiger partial charge is 0.264 e. The molecule has 1 aliphatic heterocycles. The van der Waals surface area contributed by atoms with Crippen LogP contribution in [0.2, 0.25) is 0 Å². The van der Waals surface area contributed by atoms with Crippen molar-refractivity contribution in [3.8, 4) is 0 Å². The normalized spacial score (nSPS) is 23.2. The van der Waals surface area contributed by atoms with E-state index >= 15 is 0 Å². The molecule has 100 valence electrons. The number of amides is 1. The van der Waals surface area contributed by atoms with E-state index in [1.54, 1.807) is 12.1 Å². The molecule has 0 spiro atoms. The molecule has 0 unspecified atom stereocenters. The van der Waals surface area contributed by atoms with E-state index in [9.17, 15) is 19.4 Å². The van der Waals surface area contributed by atoms with E-state index < -0.39 is 12.2 Å². The summed E-state index contributed by atoms with van der Waals surface area (Å²) in [4.78, 5) is 14.1. The lowest BCUT2D eigenvalue weighted by atomic mass is 10.2. The van der Waals surface area contributed by atoms with Gasteiger partial charge in [0, 0.05) is 17.8 Å². The number of thiophene rings is 1. The molecule has 1 amide bonds.